The molecular formula is C16H16O4S. The van der Waals surface area contributed by atoms with Crippen LogP contribution >= 0.6 is 0 Å². The fourth-order valence-corrected chi connectivity index (χ4v) is 3.10. The third-order valence-electron chi connectivity index (χ3n) is 3.26. The van der Waals surface area contributed by atoms with Gasteiger partial charge in [0.15, 0.2) is 9.84 Å². The summed E-state index contributed by atoms with van der Waals surface area (Å²) in [6.07, 6.45) is 0. The fourth-order valence-electron chi connectivity index (χ4n) is 2.02. The lowest BCUT2D eigenvalue weighted by atomic mass is 10.00. The molecule has 2 rings (SSSR count). The van der Waals surface area contributed by atoms with E-state index in [1.165, 1.54) is 12.1 Å². The quantitative estimate of drug-likeness (QED) is 0.941. The Hall–Kier alpha value is -2.14. The number of benzene rings is 2. The highest BCUT2D eigenvalue weighted by molar-refractivity contribution is 7.92. The maximum atomic E-state index is 12.2. The van der Waals surface area contributed by atoms with Crippen molar-refractivity contribution in [2.24, 2.45) is 0 Å². The van der Waals surface area contributed by atoms with Crippen molar-refractivity contribution in [2.75, 3.05) is 0 Å². The molecular weight excluding hydrogens is 288 g/mol. The summed E-state index contributed by atoms with van der Waals surface area (Å²) in [6.45, 7) is 3.14. The molecule has 0 aromatic heterocycles. The predicted molar refractivity (Wildman–Crippen MR) is 81.2 cm³/mol. The van der Waals surface area contributed by atoms with Crippen LogP contribution in [-0.2, 0) is 9.84 Å². The van der Waals surface area contributed by atoms with Crippen LogP contribution in [0.5, 0.6) is 0 Å². The molecule has 0 heterocycles. The number of sulfone groups is 1. The maximum Gasteiger partial charge on any atom is 0.336 e. The highest BCUT2D eigenvalue weighted by atomic mass is 32.2. The average Bonchev–Trinajstić information content (AvgIpc) is 2.47. The monoisotopic (exact) mass is 304 g/mol. The van der Waals surface area contributed by atoms with Crippen LogP contribution in [0.3, 0.4) is 0 Å². The smallest absolute Gasteiger partial charge is 0.336 e. The van der Waals surface area contributed by atoms with Crippen LogP contribution in [0.4, 0.5) is 0 Å². The van der Waals surface area contributed by atoms with Gasteiger partial charge in [-0.25, -0.2) is 13.2 Å². The molecule has 0 aliphatic carbocycles. The zero-order valence-electron chi connectivity index (χ0n) is 11.8. The third-order valence-corrected chi connectivity index (χ3v) is 5.41. The molecule has 0 fully saturated rings. The predicted octanol–water partition coefficient (Wildman–Crippen LogP) is 3.23. The average molecular weight is 304 g/mol. The van der Waals surface area contributed by atoms with Gasteiger partial charge in [0.05, 0.1) is 15.7 Å². The fraction of sp³-hybridized carbons (Fsp3) is 0.188. The first-order valence-corrected chi connectivity index (χ1v) is 8.05. The number of rotatable bonds is 4. The van der Waals surface area contributed by atoms with Gasteiger partial charge in [0.25, 0.3) is 0 Å². The van der Waals surface area contributed by atoms with Crippen molar-refractivity contribution < 1.29 is 18.3 Å². The van der Waals surface area contributed by atoms with Gasteiger partial charge < -0.3 is 5.11 Å². The summed E-state index contributed by atoms with van der Waals surface area (Å²) in [5, 5.41) is 8.77. The number of hydrogen-bond donors (Lipinski definition) is 1. The summed E-state index contributed by atoms with van der Waals surface area (Å²) < 4.78 is 24.3. The maximum absolute atomic E-state index is 12.2. The minimum atomic E-state index is -3.50. The Bertz CT molecular complexity index is 762. The SMILES string of the molecule is CC(C)S(=O)(=O)c1ccc(-c2ccccc2)c(C(=O)O)c1. The summed E-state index contributed by atoms with van der Waals surface area (Å²) in [6, 6.07) is 13.3. The third kappa shape index (κ3) is 2.97. The van der Waals surface area contributed by atoms with Crippen LogP contribution in [-0.4, -0.2) is 24.7 Å². The molecule has 0 saturated heterocycles. The normalized spacial score (nSPS) is 11.6. The zero-order chi connectivity index (χ0) is 15.6. The molecule has 2 aromatic carbocycles. The standard InChI is InChI=1S/C16H16O4S/c1-11(2)21(19,20)13-8-9-14(15(10-13)16(17)18)12-6-4-3-5-7-12/h3-11H,1-2H3,(H,17,18). The van der Waals surface area contributed by atoms with Crippen molar-refractivity contribution in [3.8, 4) is 11.1 Å². The molecule has 0 aliphatic heterocycles. The first-order valence-electron chi connectivity index (χ1n) is 6.50. The largest absolute Gasteiger partial charge is 0.478 e. The number of carbonyl (C=O) groups is 1. The van der Waals surface area contributed by atoms with Crippen molar-refractivity contribution >= 4 is 15.8 Å². The minimum absolute atomic E-state index is 0.0112. The van der Waals surface area contributed by atoms with Crippen LogP contribution in [0, 0.1) is 0 Å². The van der Waals surface area contributed by atoms with E-state index in [9.17, 15) is 18.3 Å². The Kier molecular flexibility index (Phi) is 4.14. The topological polar surface area (TPSA) is 71.4 Å². The molecule has 0 bridgehead atoms. The van der Waals surface area contributed by atoms with E-state index in [1.54, 1.807) is 44.2 Å². The Labute approximate surface area is 124 Å². The van der Waals surface area contributed by atoms with E-state index in [-0.39, 0.29) is 10.5 Å². The molecule has 0 unspecified atom stereocenters. The first-order chi connectivity index (χ1) is 9.84. The molecule has 0 aliphatic rings. The second kappa shape index (κ2) is 5.69. The van der Waals surface area contributed by atoms with Crippen LogP contribution < -0.4 is 0 Å². The van der Waals surface area contributed by atoms with Gasteiger partial charge in [-0.1, -0.05) is 36.4 Å². The highest BCUT2D eigenvalue weighted by Crippen LogP contribution is 2.27. The van der Waals surface area contributed by atoms with Gasteiger partial charge in [-0.2, -0.15) is 0 Å². The number of aromatic carboxylic acids is 1. The van der Waals surface area contributed by atoms with Crippen molar-refractivity contribution in [3.05, 3.63) is 54.1 Å². The highest BCUT2D eigenvalue weighted by Gasteiger charge is 2.22. The number of hydrogen-bond acceptors (Lipinski definition) is 3. The molecule has 110 valence electrons. The summed E-state index contributed by atoms with van der Waals surface area (Å²) in [7, 11) is -3.50. The molecule has 0 saturated carbocycles. The molecule has 5 heteroatoms. The van der Waals surface area contributed by atoms with Gasteiger partial charge in [0, 0.05) is 0 Å². The van der Waals surface area contributed by atoms with Crippen LogP contribution in [0.25, 0.3) is 11.1 Å². The molecule has 21 heavy (non-hydrogen) atoms. The first kappa shape index (κ1) is 15.3. The van der Waals surface area contributed by atoms with Crippen LogP contribution in [0.15, 0.2) is 53.4 Å². The van der Waals surface area contributed by atoms with Crippen molar-refractivity contribution in [2.45, 2.75) is 24.0 Å². The molecule has 1 N–H and O–H groups in total. The van der Waals surface area contributed by atoms with E-state index in [2.05, 4.69) is 0 Å². The Balaban J connectivity index is 2.65. The summed E-state index contributed by atoms with van der Waals surface area (Å²) in [4.78, 5) is 11.5. The van der Waals surface area contributed by atoms with Gasteiger partial charge in [-0.05, 0) is 37.1 Å². The molecule has 4 nitrogen and oxygen atoms in total. The van der Waals surface area contributed by atoms with Gasteiger partial charge in [0.2, 0.25) is 0 Å². The lowest BCUT2D eigenvalue weighted by molar-refractivity contribution is 0.0697. The second-order valence-corrected chi connectivity index (χ2v) is 7.48. The van der Waals surface area contributed by atoms with Gasteiger partial charge in [-0.15, -0.1) is 0 Å². The lowest BCUT2D eigenvalue weighted by Crippen LogP contribution is -2.15. The van der Waals surface area contributed by atoms with E-state index in [0.717, 1.165) is 5.56 Å². The van der Waals surface area contributed by atoms with E-state index in [4.69, 9.17) is 0 Å². The Morgan fingerprint density at radius 2 is 1.67 bits per heavy atom. The summed E-state index contributed by atoms with van der Waals surface area (Å²) >= 11 is 0. The summed E-state index contributed by atoms with van der Waals surface area (Å²) in [5.74, 6) is -1.14. The van der Waals surface area contributed by atoms with Crippen LogP contribution in [0.2, 0.25) is 0 Å². The number of carboxylic acids is 1. The van der Waals surface area contributed by atoms with E-state index >= 15 is 0 Å². The van der Waals surface area contributed by atoms with Gasteiger partial charge >= 0.3 is 5.97 Å². The number of carboxylic acid groups (broad SMARTS) is 1. The molecule has 0 spiro atoms. The Morgan fingerprint density at radius 3 is 2.19 bits per heavy atom. The molecule has 0 radical (unpaired) electrons. The molecule has 2 aromatic rings. The Morgan fingerprint density at radius 1 is 1.05 bits per heavy atom. The van der Waals surface area contributed by atoms with Crippen molar-refractivity contribution in [1.82, 2.24) is 0 Å². The second-order valence-electron chi connectivity index (χ2n) is 4.97. The van der Waals surface area contributed by atoms with Crippen molar-refractivity contribution in [3.63, 3.8) is 0 Å². The summed E-state index contributed by atoms with van der Waals surface area (Å²) in [5.41, 5.74) is 1.23. The van der Waals surface area contributed by atoms with E-state index in [1.807, 2.05) is 6.07 Å². The molecule has 0 amide bonds. The van der Waals surface area contributed by atoms with E-state index < -0.39 is 21.1 Å². The molecule has 0 atom stereocenters. The van der Waals surface area contributed by atoms with Crippen LogP contribution in [0.1, 0.15) is 24.2 Å². The van der Waals surface area contributed by atoms with E-state index in [0.29, 0.717) is 5.56 Å². The zero-order valence-corrected chi connectivity index (χ0v) is 12.6. The van der Waals surface area contributed by atoms with Gasteiger partial charge in [-0.3, -0.25) is 0 Å². The minimum Gasteiger partial charge on any atom is -0.478 e. The lowest BCUT2D eigenvalue weighted by Gasteiger charge is -2.11. The van der Waals surface area contributed by atoms with Gasteiger partial charge in [0.1, 0.15) is 0 Å². The van der Waals surface area contributed by atoms with Crippen molar-refractivity contribution in [1.29, 1.82) is 0 Å².